The quantitative estimate of drug-likeness (QED) is 0.232. The molecule has 5 fully saturated rings. The van der Waals surface area contributed by atoms with Crippen molar-refractivity contribution in [3.05, 3.63) is 70.3 Å². The van der Waals surface area contributed by atoms with Crippen LogP contribution in [0.3, 0.4) is 0 Å². The minimum Gasteiger partial charge on any atom is -0.465 e. The van der Waals surface area contributed by atoms with Crippen LogP contribution in [0.1, 0.15) is 145 Å². The van der Waals surface area contributed by atoms with E-state index in [1.807, 2.05) is 0 Å². The van der Waals surface area contributed by atoms with E-state index in [-0.39, 0.29) is 74.9 Å². The zero-order valence-electron chi connectivity index (χ0n) is 34.8. The molecule has 0 radical (unpaired) electrons. The van der Waals surface area contributed by atoms with E-state index in [9.17, 15) is 23.9 Å². The van der Waals surface area contributed by atoms with Gasteiger partial charge in [-0.3, -0.25) is 9.59 Å². The molecular weight excluding hydrogens is 711 g/mol. The summed E-state index contributed by atoms with van der Waals surface area (Å²) in [5, 5.41) is 17.0. The highest BCUT2D eigenvalue weighted by Crippen LogP contribution is 2.77. The van der Waals surface area contributed by atoms with Crippen molar-refractivity contribution in [1.82, 2.24) is 10.6 Å². The van der Waals surface area contributed by atoms with Gasteiger partial charge in [-0.15, -0.1) is 0 Å². The fourth-order valence-electron chi connectivity index (χ4n) is 14.2. The molecule has 5 saturated carbocycles. The van der Waals surface area contributed by atoms with Crippen LogP contribution in [-0.4, -0.2) is 36.1 Å². The van der Waals surface area contributed by atoms with E-state index in [1.54, 1.807) is 0 Å². The minimum atomic E-state index is -0.810. The average molecular weight is 775 g/mol. The van der Waals surface area contributed by atoms with Gasteiger partial charge in [-0.1, -0.05) is 60.6 Å². The highest BCUT2D eigenvalue weighted by molar-refractivity contribution is 5.94. The largest absolute Gasteiger partial charge is 0.465 e. The Balaban J connectivity index is 1.09. The molecule has 56 heavy (non-hydrogen) atoms. The Hall–Kier alpha value is -3.33. The molecule has 0 aliphatic heterocycles. The number of carbonyl (C=O) groups excluding carboxylic acids is 3. The first-order chi connectivity index (χ1) is 26.4. The van der Waals surface area contributed by atoms with E-state index in [1.165, 1.54) is 49.9 Å². The Morgan fingerprint density at radius 1 is 0.821 bits per heavy atom. The molecule has 0 spiro atoms. The molecule has 0 heterocycles. The minimum absolute atomic E-state index is 0.00822. The van der Waals surface area contributed by atoms with Gasteiger partial charge >= 0.3 is 5.97 Å². The number of hydrogen-bond acceptors (Lipinski definition) is 5. The number of aliphatic hydroxyl groups is 1. The third kappa shape index (κ3) is 6.14. The van der Waals surface area contributed by atoms with Crippen molar-refractivity contribution < 1.29 is 33.0 Å². The van der Waals surface area contributed by atoms with Crippen LogP contribution in [-0.2, 0) is 22.6 Å². The van der Waals surface area contributed by atoms with Gasteiger partial charge in [0.05, 0.1) is 24.2 Å². The molecule has 2 aromatic carbocycles. The summed E-state index contributed by atoms with van der Waals surface area (Å²) in [7, 11) is 1.17. The number of fused-ring (bicyclic) bond motifs is 7. The summed E-state index contributed by atoms with van der Waals surface area (Å²) in [4.78, 5) is 39.9. The number of rotatable bonds is 8. The van der Waals surface area contributed by atoms with Crippen LogP contribution in [0.4, 0.5) is 8.78 Å². The summed E-state index contributed by atoms with van der Waals surface area (Å²) >= 11 is 0. The molecule has 9 unspecified atom stereocenters. The van der Waals surface area contributed by atoms with Crippen LogP contribution in [0.25, 0.3) is 0 Å². The van der Waals surface area contributed by atoms with E-state index >= 15 is 4.39 Å². The van der Waals surface area contributed by atoms with Gasteiger partial charge in [0.15, 0.2) is 0 Å². The lowest BCUT2D eigenvalue weighted by Crippen LogP contribution is -2.67. The number of esters is 1. The first kappa shape index (κ1) is 40.9. The molecule has 0 bridgehead atoms. The SMILES string of the molecule is COC(=O)c1cccc(CNC(=O)c2ccc(F)c(CNC(=O)C34CCC(C(C)C)C3C3CCC5C6(C)CCC(O)C(C)(C)C6CCC5(C)[C@]3(C)CC4)c2)c1F. The van der Waals surface area contributed by atoms with Gasteiger partial charge in [0.2, 0.25) is 5.91 Å². The van der Waals surface area contributed by atoms with Gasteiger partial charge in [-0.2, -0.15) is 0 Å². The third-order valence-electron chi connectivity index (χ3n) is 17.4. The summed E-state index contributed by atoms with van der Waals surface area (Å²) in [6, 6.07) is 8.36. The summed E-state index contributed by atoms with van der Waals surface area (Å²) in [6.07, 6.45) is 9.96. The maximum Gasteiger partial charge on any atom is 0.340 e. The Bertz CT molecular complexity index is 1880. The number of benzene rings is 2. The summed E-state index contributed by atoms with van der Waals surface area (Å²) < 4.78 is 34.9. The fourth-order valence-corrected chi connectivity index (χ4v) is 14.2. The van der Waals surface area contributed by atoms with Gasteiger partial charge in [-0.05, 0) is 146 Å². The second-order valence-electron chi connectivity index (χ2n) is 20.1. The van der Waals surface area contributed by atoms with E-state index in [0.717, 1.165) is 57.8 Å². The highest BCUT2D eigenvalue weighted by atomic mass is 19.1. The van der Waals surface area contributed by atoms with Crippen LogP contribution in [0.2, 0.25) is 0 Å². The first-order valence-corrected chi connectivity index (χ1v) is 21.2. The zero-order chi connectivity index (χ0) is 40.6. The van der Waals surface area contributed by atoms with Gasteiger partial charge in [-0.25, -0.2) is 13.6 Å². The lowest BCUT2D eigenvalue weighted by molar-refractivity contribution is -0.248. The average Bonchev–Trinajstić information content (AvgIpc) is 3.57. The molecule has 3 N–H and O–H groups in total. The Labute approximate surface area is 332 Å². The second-order valence-corrected chi connectivity index (χ2v) is 20.1. The fraction of sp³-hybridized carbons (Fsp3) is 0.681. The van der Waals surface area contributed by atoms with E-state index in [4.69, 9.17) is 0 Å². The van der Waals surface area contributed by atoms with E-state index < -0.39 is 28.9 Å². The molecular formula is C47H64F2N2O5. The molecule has 7 nitrogen and oxygen atoms in total. The van der Waals surface area contributed by atoms with E-state index in [2.05, 4.69) is 63.8 Å². The van der Waals surface area contributed by atoms with Gasteiger partial charge in [0, 0.05) is 29.8 Å². The molecule has 9 heteroatoms. The van der Waals surface area contributed by atoms with Gasteiger partial charge < -0.3 is 20.5 Å². The Kier molecular flexibility index (Phi) is 10.6. The van der Waals surface area contributed by atoms with Crippen molar-refractivity contribution in [3.63, 3.8) is 0 Å². The predicted octanol–water partition coefficient (Wildman–Crippen LogP) is 9.40. The monoisotopic (exact) mass is 774 g/mol. The lowest BCUT2D eigenvalue weighted by atomic mass is 9.32. The van der Waals surface area contributed by atoms with Crippen molar-refractivity contribution in [1.29, 1.82) is 0 Å². The number of carbonyl (C=O) groups is 3. The highest BCUT2D eigenvalue weighted by Gasteiger charge is 2.72. The summed E-state index contributed by atoms with van der Waals surface area (Å²) in [5.74, 6) is 0.0130. The lowest BCUT2D eigenvalue weighted by Gasteiger charge is -2.73. The molecule has 5 aliphatic carbocycles. The molecule has 7 rings (SSSR count). The van der Waals surface area contributed by atoms with Gasteiger partial charge in [0.25, 0.3) is 5.91 Å². The topological polar surface area (TPSA) is 105 Å². The molecule has 0 aromatic heterocycles. The molecule has 2 amide bonds. The number of aliphatic hydroxyl groups excluding tert-OH is 1. The Morgan fingerprint density at radius 2 is 1.55 bits per heavy atom. The van der Waals surface area contributed by atoms with Crippen molar-refractivity contribution in [2.75, 3.05) is 7.11 Å². The molecule has 306 valence electrons. The second kappa shape index (κ2) is 14.5. The third-order valence-corrected chi connectivity index (χ3v) is 17.4. The molecule has 2 aromatic rings. The number of hydrogen-bond donors (Lipinski definition) is 3. The smallest absolute Gasteiger partial charge is 0.340 e. The number of halogens is 2. The molecule has 5 aliphatic rings. The van der Waals surface area contributed by atoms with Crippen molar-refractivity contribution >= 4 is 17.8 Å². The van der Waals surface area contributed by atoms with Crippen LogP contribution < -0.4 is 10.6 Å². The predicted molar refractivity (Wildman–Crippen MR) is 212 cm³/mol. The standard InChI is InChI=1S/C47H64F2N2O5/c1-27(2)31-16-21-47(23-22-45(6)33(38(31)47)13-15-36-44(5)19-18-37(52)43(3,4)35(44)17-20-46(36,45)7)42(55)51-26-30-24-28(12-14-34(30)48)40(53)50-25-29-10-9-11-32(39(29)49)41(54)56-8/h9-12,14,24,27,31,33,35-38,52H,13,15-23,25-26H2,1-8H3,(H,50,53)(H,51,55)/t31?,33?,35?,36?,37?,38?,44?,45-,46?,47?/m1/s1. The first-order valence-electron chi connectivity index (χ1n) is 21.2. The zero-order valence-corrected chi connectivity index (χ0v) is 34.8. The maximum absolute atomic E-state index is 15.3. The summed E-state index contributed by atoms with van der Waals surface area (Å²) in [6.45, 7) is 16.7. The number of amides is 2. The van der Waals surface area contributed by atoms with Crippen LogP contribution in [0.5, 0.6) is 0 Å². The maximum atomic E-state index is 15.3. The van der Waals surface area contributed by atoms with Crippen molar-refractivity contribution in [2.24, 2.45) is 62.6 Å². The normalized spacial score (nSPS) is 37.1. The molecule has 10 atom stereocenters. The van der Waals surface area contributed by atoms with Crippen LogP contribution in [0, 0.1) is 74.2 Å². The Morgan fingerprint density at radius 3 is 2.27 bits per heavy atom. The number of ether oxygens (including phenoxy) is 1. The van der Waals surface area contributed by atoms with Gasteiger partial charge in [0.1, 0.15) is 11.6 Å². The van der Waals surface area contributed by atoms with Crippen LogP contribution >= 0.6 is 0 Å². The van der Waals surface area contributed by atoms with Crippen LogP contribution in [0.15, 0.2) is 36.4 Å². The van der Waals surface area contributed by atoms with Crippen molar-refractivity contribution in [3.8, 4) is 0 Å². The molecule has 0 saturated heterocycles. The number of nitrogens with one attached hydrogen (secondary N) is 2. The van der Waals surface area contributed by atoms with E-state index in [0.29, 0.717) is 29.6 Å². The van der Waals surface area contributed by atoms with Crippen molar-refractivity contribution in [2.45, 2.75) is 132 Å². The summed E-state index contributed by atoms with van der Waals surface area (Å²) in [5.41, 5.74) is 0.107. The number of methoxy groups -OCH3 is 1.